The van der Waals surface area contributed by atoms with E-state index >= 15 is 0 Å². The number of hydrogen-bond donors (Lipinski definition) is 1. The van der Waals surface area contributed by atoms with Crippen LogP contribution in [0.3, 0.4) is 0 Å². The smallest absolute Gasteiger partial charge is 0.194 e. The molecule has 0 radical (unpaired) electrons. The molecule has 1 aromatic rings. The standard InChI is InChI=1S/C21H34FN5/c1-2-23-21(24-11-5-6-12-25-13-7-8-14-25)27-17-15-26(16-18-27)20-10-4-3-9-19(20)22/h3-4,9-10H,2,5-8,11-18H2,1H3,(H,23,24). The minimum absolute atomic E-state index is 0.135. The van der Waals surface area contributed by atoms with Crippen LogP contribution in [0.4, 0.5) is 10.1 Å². The number of guanidine groups is 1. The van der Waals surface area contributed by atoms with Crippen molar-refractivity contribution < 1.29 is 4.39 Å². The summed E-state index contributed by atoms with van der Waals surface area (Å²) in [6.45, 7) is 11.0. The molecule has 1 N–H and O–H groups in total. The molecular formula is C21H34FN5. The fourth-order valence-electron chi connectivity index (χ4n) is 3.93. The van der Waals surface area contributed by atoms with Crippen molar-refractivity contribution in [2.45, 2.75) is 32.6 Å². The first kappa shape index (κ1) is 19.9. The molecule has 2 saturated heterocycles. The molecule has 2 aliphatic rings. The zero-order chi connectivity index (χ0) is 18.9. The first-order valence-electron chi connectivity index (χ1n) is 10.5. The van der Waals surface area contributed by atoms with Gasteiger partial charge >= 0.3 is 0 Å². The third kappa shape index (κ3) is 5.83. The number of unbranched alkanes of at least 4 members (excludes halogenated alkanes) is 1. The maximum atomic E-state index is 14.0. The van der Waals surface area contributed by atoms with Gasteiger partial charge in [-0.25, -0.2) is 4.39 Å². The summed E-state index contributed by atoms with van der Waals surface area (Å²) in [5.41, 5.74) is 0.709. The number of benzene rings is 1. The highest BCUT2D eigenvalue weighted by Gasteiger charge is 2.21. The summed E-state index contributed by atoms with van der Waals surface area (Å²) in [6.07, 6.45) is 5.09. The number of hydrogen-bond acceptors (Lipinski definition) is 3. The van der Waals surface area contributed by atoms with Crippen molar-refractivity contribution in [2.24, 2.45) is 4.99 Å². The van der Waals surface area contributed by atoms with Crippen LogP contribution in [0.15, 0.2) is 29.3 Å². The monoisotopic (exact) mass is 375 g/mol. The number of rotatable bonds is 7. The average Bonchev–Trinajstić information content (AvgIpc) is 3.21. The van der Waals surface area contributed by atoms with Crippen LogP contribution in [0, 0.1) is 5.82 Å². The van der Waals surface area contributed by atoms with Crippen molar-refractivity contribution >= 4 is 11.6 Å². The molecular weight excluding hydrogens is 341 g/mol. The van der Waals surface area contributed by atoms with E-state index < -0.39 is 0 Å². The number of likely N-dealkylation sites (tertiary alicyclic amines) is 1. The highest BCUT2D eigenvalue weighted by atomic mass is 19.1. The van der Waals surface area contributed by atoms with Gasteiger partial charge in [0.25, 0.3) is 0 Å². The molecule has 3 rings (SSSR count). The van der Waals surface area contributed by atoms with E-state index in [9.17, 15) is 4.39 Å². The van der Waals surface area contributed by atoms with Crippen molar-refractivity contribution in [3.63, 3.8) is 0 Å². The van der Waals surface area contributed by atoms with Gasteiger partial charge in [-0.15, -0.1) is 0 Å². The number of aliphatic imine (C=N–C) groups is 1. The second-order valence-corrected chi connectivity index (χ2v) is 7.42. The summed E-state index contributed by atoms with van der Waals surface area (Å²) >= 11 is 0. The molecule has 27 heavy (non-hydrogen) atoms. The first-order valence-corrected chi connectivity index (χ1v) is 10.5. The highest BCUT2D eigenvalue weighted by Crippen LogP contribution is 2.20. The summed E-state index contributed by atoms with van der Waals surface area (Å²) in [4.78, 5) is 11.8. The maximum Gasteiger partial charge on any atom is 0.194 e. The SMILES string of the molecule is CCNC(=NCCCCN1CCCC1)N1CCN(c2ccccc2F)CC1. The predicted molar refractivity (Wildman–Crippen MR) is 111 cm³/mol. The molecule has 0 spiro atoms. The molecule has 5 nitrogen and oxygen atoms in total. The fraction of sp³-hybridized carbons (Fsp3) is 0.667. The molecule has 0 saturated carbocycles. The van der Waals surface area contributed by atoms with Crippen LogP contribution in [-0.2, 0) is 0 Å². The Balaban J connectivity index is 1.45. The Bertz CT molecular complexity index is 592. The van der Waals surface area contributed by atoms with Gasteiger partial charge in [-0.2, -0.15) is 0 Å². The zero-order valence-electron chi connectivity index (χ0n) is 16.7. The fourth-order valence-corrected chi connectivity index (χ4v) is 3.93. The average molecular weight is 376 g/mol. The number of anilines is 1. The first-order chi connectivity index (χ1) is 13.3. The molecule has 0 aliphatic carbocycles. The number of piperazine rings is 1. The minimum atomic E-state index is -0.135. The quantitative estimate of drug-likeness (QED) is 0.451. The lowest BCUT2D eigenvalue weighted by Crippen LogP contribution is -2.52. The van der Waals surface area contributed by atoms with Gasteiger partial charge in [-0.3, -0.25) is 4.99 Å². The lowest BCUT2D eigenvalue weighted by Gasteiger charge is -2.37. The van der Waals surface area contributed by atoms with Gasteiger partial charge < -0.3 is 20.0 Å². The number of nitrogens with one attached hydrogen (secondary N) is 1. The van der Waals surface area contributed by atoms with E-state index in [4.69, 9.17) is 4.99 Å². The van der Waals surface area contributed by atoms with Crippen LogP contribution >= 0.6 is 0 Å². The van der Waals surface area contributed by atoms with Gasteiger partial charge in [-0.1, -0.05) is 12.1 Å². The van der Waals surface area contributed by atoms with Crippen LogP contribution in [0.5, 0.6) is 0 Å². The summed E-state index contributed by atoms with van der Waals surface area (Å²) in [7, 11) is 0. The Hall–Kier alpha value is -1.82. The molecule has 6 heteroatoms. The molecule has 0 atom stereocenters. The van der Waals surface area contributed by atoms with E-state index in [1.54, 1.807) is 6.07 Å². The lowest BCUT2D eigenvalue weighted by atomic mass is 10.2. The Morgan fingerprint density at radius 3 is 2.48 bits per heavy atom. The summed E-state index contributed by atoms with van der Waals surface area (Å²) in [5, 5.41) is 3.42. The number of halogens is 1. The molecule has 2 aliphatic heterocycles. The highest BCUT2D eigenvalue weighted by molar-refractivity contribution is 5.80. The maximum absolute atomic E-state index is 14.0. The number of nitrogens with zero attached hydrogens (tertiary/aromatic N) is 4. The van der Waals surface area contributed by atoms with E-state index in [1.165, 1.54) is 45.0 Å². The Kier molecular flexibility index (Phi) is 7.75. The minimum Gasteiger partial charge on any atom is -0.366 e. The third-order valence-electron chi connectivity index (χ3n) is 5.45. The van der Waals surface area contributed by atoms with E-state index in [0.717, 1.165) is 51.6 Å². The van der Waals surface area contributed by atoms with Crippen LogP contribution in [-0.4, -0.2) is 74.7 Å². The molecule has 2 fully saturated rings. The largest absolute Gasteiger partial charge is 0.366 e. The van der Waals surface area contributed by atoms with Crippen molar-refractivity contribution in [3.05, 3.63) is 30.1 Å². The molecule has 0 bridgehead atoms. The molecule has 0 amide bonds. The molecule has 150 valence electrons. The summed E-state index contributed by atoms with van der Waals surface area (Å²) in [5.74, 6) is 0.872. The second kappa shape index (κ2) is 10.5. The molecule has 0 aromatic heterocycles. The van der Waals surface area contributed by atoms with Gasteiger partial charge in [0.1, 0.15) is 5.82 Å². The summed E-state index contributed by atoms with van der Waals surface area (Å²) < 4.78 is 14.0. The van der Waals surface area contributed by atoms with Gasteiger partial charge in [0.15, 0.2) is 5.96 Å². The summed E-state index contributed by atoms with van der Waals surface area (Å²) in [6, 6.07) is 7.05. The van der Waals surface area contributed by atoms with Crippen LogP contribution in [0.2, 0.25) is 0 Å². The van der Waals surface area contributed by atoms with Gasteiger partial charge in [0.05, 0.1) is 5.69 Å². The Labute approximate surface area is 163 Å². The van der Waals surface area contributed by atoms with E-state index in [1.807, 2.05) is 12.1 Å². The van der Waals surface area contributed by atoms with E-state index in [0.29, 0.717) is 5.69 Å². The van der Waals surface area contributed by atoms with Crippen molar-refractivity contribution in [3.8, 4) is 0 Å². The van der Waals surface area contributed by atoms with Gasteiger partial charge in [-0.05, 0) is 64.4 Å². The van der Waals surface area contributed by atoms with E-state index in [-0.39, 0.29) is 5.82 Å². The molecule has 1 aromatic carbocycles. The van der Waals surface area contributed by atoms with Crippen molar-refractivity contribution in [2.75, 3.05) is 63.8 Å². The lowest BCUT2D eigenvalue weighted by molar-refractivity contribution is 0.330. The Morgan fingerprint density at radius 1 is 1.04 bits per heavy atom. The van der Waals surface area contributed by atoms with Crippen LogP contribution in [0.25, 0.3) is 0 Å². The zero-order valence-corrected chi connectivity index (χ0v) is 16.7. The van der Waals surface area contributed by atoms with Gasteiger partial charge in [0.2, 0.25) is 0 Å². The predicted octanol–water partition coefficient (Wildman–Crippen LogP) is 2.79. The second-order valence-electron chi connectivity index (χ2n) is 7.42. The van der Waals surface area contributed by atoms with Crippen molar-refractivity contribution in [1.82, 2.24) is 15.1 Å². The van der Waals surface area contributed by atoms with E-state index in [2.05, 4.69) is 26.9 Å². The Morgan fingerprint density at radius 2 is 1.78 bits per heavy atom. The van der Waals surface area contributed by atoms with Gasteiger partial charge in [0, 0.05) is 39.3 Å². The number of para-hydroxylation sites is 1. The topological polar surface area (TPSA) is 34.1 Å². The normalized spacial score (nSPS) is 19.0. The van der Waals surface area contributed by atoms with Crippen LogP contribution < -0.4 is 10.2 Å². The molecule has 0 unspecified atom stereocenters. The molecule has 2 heterocycles. The third-order valence-corrected chi connectivity index (χ3v) is 5.45. The van der Waals surface area contributed by atoms with Crippen molar-refractivity contribution in [1.29, 1.82) is 0 Å². The van der Waals surface area contributed by atoms with Crippen LogP contribution in [0.1, 0.15) is 32.6 Å².